The van der Waals surface area contributed by atoms with E-state index in [0.717, 1.165) is 18.1 Å². The van der Waals surface area contributed by atoms with Crippen LogP contribution in [-0.2, 0) is 17.9 Å². The third-order valence-electron chi connectivity index (χ3n) is 4.12. The van der Waals surface area contributed by atoms with E-state index in [2.05, 4.69) is 22.5 Å². The summed E-state index contributed by atoms with van der Waals surface area (Å²) >= 11 is 0. The van der Waals surface area contributed by atoms with Crippen molar-refractivity contribution in [1.82, 2.24) is 10.6 Å². The van der Waals surface area contributed by atoms with Crippen LogP contribution in [0.4, 0.5) is 4.39 Å². The monoisotopic (exact) mass is 449 g/mol. The summed E-state index contributed by atoms with van der Waals surface area (Å²) in [6, 6.07) is 5.61. The number of methoxy groups -OCH3 is 1. The third-order valence-corrected chi connectivity index (χ3v) is 4.12. The summed E-state index contributed by atoms with van der Waals surface area (Å²) in [7, 11) is 1.57. The molecule has 0 radical (unpaired) electrons. The van der Waals surface area contributed by atoms with Gasteiger partial charge in [-0.2, -0.15) is 0 Å². The Balaban J connectivity index is 0.00000288. The summed E-state index contributed by atoms with van der Waals surface area (Å²) in [5.74, 6) is 0.615. The van der Waals surface area contributed by atoms with E-state index in [1.807, 2.05) is 6.07 Å². The maximum absolute atomic E-state index is 13.6. The second-order valence-electron chi connectivity index (χ2n) is 6.03. The Morgan fingerprint density at radius 1 is 1.29 bits per heavy atom. The van der Waals surface area contributed by atoms with Gasteiger partial charge in [-0.15, -0.1) is 24.0 Å². The molecule has 136 valence electrons. The minimum Gasteiger partial charge on any atom is -0.380 e. The zero-order valence-electron chi connectivity index (χ0n) is 14.6. The molecule has 1 aliphatic carbocycles. The fraction of sp³-hybridized carbons (Fsp3) is 0.611. The lowest BCUT2D eigenvalue weighted by Crippen LogP contribution is -2.44. The lowest BCUT2D eigenvalue weighted by atomic mass is 9.96. The van der Waals surface area contributed by atoms with Gasteiger partial charge in [0, 0.05) is 25.3 Å². The van der Waals surface area contributed by atoms with Crippen molar-refractivity contribution in [3.8, 4) is 0 Å². The Kier molecular flexibility index (Phi) is 10.2. The lowest BCUT2D eigenvalue weighted by Gasteiger charge is -2.24. The number of hydrogen-bond acceptors (Lipinski definition) is 2. The molecular weight excluding hydrogens is 420 g/mol. The molecule has 0 spiro atoms. The van der Waals surface area contributed by atoms with E-state index in [1.165, 1.54) is 38.2 Å². The van der Waals surface area contributed by atoms with Crippen molar-refractivity contribution >= 4 is 29.9 Å². The highest BCUT2D eigenvalue weighted by Crippen LogP contribution is 2.17. The van der Waals surface area contributed by atoms with Gasteiger partial charge in [-0.1, -0.05) is 25.3 Å². The molecule has 1 aromatic rings. The number of halogens is 2. The van der Waals surface area contributed by atoms with E-state index in [-0.39, 0.29) is 36.4 Å². The van der Waals surface area contributed by atoms with Crippen LogP contribution >= 0.6 is 24.0 Å². The first kappa shape index (κ1) is 21.2. The van der Waals surface area contributed by atoms with Crippen LogP contribution in [0.3, 0.4) is 0 Å². The Hall–Kier alpha value is -0.890. The molecular formula is C18H29FIN3O. The first-order valence-corrected chi connectivity index (χ1v) is 8.54. The van der Waals surface area contributed by atoms with Gasteiger partial charge in [-0.25, -0.2) is 9.38 Å². The van der Waals surface area contributed by atoms with Crippen molar-refractivity contribution in [2.24, 2.45) is 4.99 Å². The van der Waals surface area contributed by atoms with Gasteiger partial charge in [0.2, 0.25) is 0 Å². The SMILES string of the molecule is CCNC(=NCc1ccc(F)c(COC)c1)NC1CCCCC1.I. The van der Waals surface area contributed by atoms with Gasteiger partial charge in [-0.3, -0.25) is 0 Å². The highest BCUT2D eigenvalue weighted by atomic mass is 127. The van der Waals surface area contributed by atoms with Crippen molar-refractivity contribution in [2.45, 2.75) is 58.2 Å². The van der Waals surface area contributed by atoms with E-state index in [0.29, 0.717) is 18.2 Å². The first-order valence-electron chi connectivity index (χ1n) is 8.54. The quantitative estimate of drug-likeness (QED) is 0.393. The van der Waals surface area contributed by atoms with Gasteiger partial charge >= 0.3 is 0 Å². The van der Waals surface area contributed by atoms with Crippen LogP contribution in [0.15, 0.2) is 23.2 Å². The molecule has 2 rings (SSSR count). The molecule has 0 aromatic heterocycles. The fourth-order valence-corrected chi connectivity index (χ4v) is 2.92. The summed E-state index contributed by atoms with van der Waals surface area (Å²) in [5, 5.41) is 6.81. The Labute approximate surface area is 161 Å². The second kappa shape index (κ2) is 11.6. The predicted octanol–water partition coefficient (Wildman–Crippen LogP) is 3.98. The van der Waals surface area contributed by atoms with Gasteiger partial charge in [-0.05, 0) is 37.5 Å². The topological polar surface area (TPSA) is 45.7 Å². The summed E-state index contributed by atoms with van der Waals surface area (Å²) in [6.45, 7) is 3.70. The van der Waals surface area contributed by atoms with E-state index in [1.54, 1.807) is 13.2 Å². The maximum Gasteiger partial charge on any atom is 0.191 e. The van der Waals surface area contributed by atoms with Gasteiger partial charge in [0.15, 0.2) is 5.96 Å². The average molecular weight is 449 g/mol. The molecule has 0 aliphatic heterocycles. The number of guanidine groups is 1. The minimum atomic E-state index is -0.230. The van der Waals surface area contributed by atoms with Crippen LogP contribution in [0.1, 0.15) is 50.2 Å². The second-order valence-corrected chi connectivity index (χ2v) is 6.03. The van der Waals surface area contributed by atoms with Gasteiger partial charge in [0.1, 0.15) is 5.82 Å². The van der Waals surface area contributed by atoms with Crippen molar-refractivity contribution in [1.29, 1.82) is 0 Å². The summed E-state index contributed by atoms with van der Waals surface area (Å²) in [6.07, 6.45) is 6.33. The predicted molar refractivity (Wildman–Crippen MR) is 107 cm³/mol. The summed E-state index contributed by atoms with van der Waals surface area (Å²) < 4.78 is 18.7. The van der Waals surface area contributed by atoms with Crippen LogP contribution in [-0.4, -0.2) is 25.7 Å². The normalized spacial score (nSPS) is 15.7. The Bertz CT molecular complexity index is 519. The molecule has 2 N–H and O–H groups in total. The van der Waals surface area contributed by atoms with Gasteiger partial charge in [0.05, 0.1) is 13.2 Å². The highest BCUT2D eigenvalue weighted by molar-refractivity contribution is 14.0. The molecule has 24 heavy (non-hydrogen) atoms. The number of benzene rings is 1. The lowest BCUT2D eigenvalue weighted by molar-refractivity contribution is 0.181. The molecule has 0 heterocycles. The fourth-order valence-electron chi connectivity index (χ4n) is 2.92. The minimum absolute atomic E-state index is 0. The molecule has 0 amide bonds. The van der Waals surface area contributed by atoms with Gasteiger partial charge in [0.25, 0.3) is 0 Å². The maximum atomic E-state index is 13.6. The molecule has 1 aromatic carbocycles. The Morgan fingerprint density at radius 2 is 2.04 bits per heavy atom. The molecule has 0 unspecified atom stereocenters. The smallest absolute Gasteiger partial charge is 0.191 e. The zero-order valence-corrected chi connectivity index (χ0v) is 16.9. The first-order chi connectivity index (χ1) is 11.2. The zero-order chi connectivity index (χ0) is 16.5. The number of nitrogens with one attached hydrogen (secondary N) is 2. The average Bonchev–Trinajstić information content (AvgIpc) is 2.57. The van der Waals surface area contributed by atoms with Crippen molar-refractivity contribution in [3.63, 3.8) is 0 Å². The van der Waals surface area contributed by atoms with Gasteiger partial charge < -0.3 is 15.4 Å². The molecule has 4 nitrogen and oxygen atoms in total. The summed E-state index contributed by atoms with van der Waals surface area (Å²) in [5.41, 5.74) is 1.56. The van der Waals surface area contributed by atoms with E-state index in [9.17, 15) is 4.39 Å². The number of ether oxygens (including phenoxy) is 1. The largest absolute Gasteiger partial charge is 0.380 e. The molecule has 0 bridgehead atoms. The molecule has 1 aliphatic rings. The Morgan fingerprint density at radius 3 is 2.71 bits per heavy atom. The van der Waals surface area contributed by atoms with E-state index < -0.39 is 0 Å². The third kappa shape index (κ3) is 6.93. The molecule has 1 fully saturated rings. The van der Waals surface area contributed by atoms with E-state index in [4.69, 9.17) is 4.74 Å². The number of nitrogens with zero attached hydrogens (tertiary/aromatic N) is 1. The van der Waals surface area contributed by atoms with Crippen LogP contribution in [0.25, 0.3) is 0 Å². The molecule has 1 saturated carbocycles. The van der Waals surface area contributed by atoms with Crippen LogP contribution in [0, 0.1) is 5.82 Å². The van der Waals surface area contributed by atoms with E-state index >= 15 is 0 Å². The number of hydrogen-bond donors (Lipinski definition) is 2. The number of rotatable bonds is 6. The highest BCUT2D eigenvalue weighted by Gasteiger charge is 2.14. The standard InChI is InChI=1S/C18H28FN3O.HI/c1-3-20-18(22-16-7-5-4-6-8-16)21-12-14-9-10-17(19)15(11-14)13-23-2;/h9-11,16H,3-8,12-13H2,1-2H3,(H2,20,21,22);1H. The van der Waals surface area contributed by atoms with Crippen molar-refractivity contribution in [3.05, 3.63) is 35.1 Å². The molecule has 0 atom stereocenters. The van der Waals surface area contributed by atoms with Crippen LogP contribution < -0.4 is 10.6 Å². The van der Waals surface area contributed by atoms with Crippen molar-refractivity contribution < 1.29 is 9.13 Å². The molecule has 6 heteroatoms. The van der Waals surface area contributed by atoms with Crippen molar-refractivity contribution in [2.75, 3.05) is 13.7 Å². The van der Waals surface area contributed by atoms with Crippen LogP contribution in [0.2, 0.25) is 0 Å². The van der Waals surface area contributed by atoms with Crippen LogP contribution in [0.5, 0.6) is 0 Å². The molecule has 0 saturated heterocycles. The number of aliphatic imine (C=N–C) groups is 1. The summed E-state index contributed by atoms with van der Waals surface area (Å²) in [4.78, 5) is 4.64.